The van der Waals surface area contributed by atoms with E-state index in [-0.39, 0.29) is 27.5 Å². The molecule has 0 aromatic heterocycles. The van der Waals surface area contributed by atoms with E-state index in [1.165, 1.54) is 22.7 Å². The average molecular weight is 853 g/mol. The second-order valence-corrected chi connectivity index (χ2v) is 20.2. The van der Waals surface area contributed by atoms with Crippen molar-refractivity contribution in [3.05, 3.63) is 92.4 Å². The summed E-state index contributed by atoms with van der Waals surface area (Å²) in [5.74, 6) is 0.635. The number of halogens is 3. The smallest absolute Gasteiger partial charge is 0.326 e. The van der Waals surface area contributed by atoms with Crippen molar-refractivity contribution in [3.8, 4) is 5.75 Å². The van der Waals surface area contributed by atoms with Gasteiger partial charge in [0, 0.05) is 61.6 Å². The molecule has 3 aliphatic rings. The zero-order valence-corrected chi connectivity index (χ0v) is 35.5. The van der Waals surface area contributed by atoms with Gasteiger partial charge in [-0.05, 0) is 87.5 Å². The molecule has 0 spiro atoms. The van der Waals surface area contributed by atoms with Gasteiger partial charge in [0.15, 0.2) is 0 Å². The average Bonchev–Trinajstić information content (AvgIpc) is 3.77. The lowest BCUT2D eigenvalue weighted by molar-refractivity contribution is 0.0868. The van der Waals surface area contributed by atoms with E-state index in [0.717, 1.165) is 24.0 Å². The molecule has 3 aromatic rings. The van der Waals surface area contributed by atoms with E-state index >= 15 is 4.79 Å². The molecule has 11 nitrogen and oxygen atoms in total. The van der Waals surface area contributed by atoms with Crippen LogP contribution in [0, 0.1) is 0 Å². The number of urea groups is 1. The first-order valence-corrected chi connectivity index (χ1v) is 23.2. The van der Waals surface area contributed by atoms with Crippen LogP contribution in [-0.2, 0) is 30.9 Å². The van der Waals surface area contributed by atoms with Crippen molar-refractivity contribution < 1.29 is 26.4 Å². The standard InChI is InChI=1S/C39H48Cl3N5O6S2/c1-5-24-53-34-27-33(42)35(55(51,52)46-18-6-7-19-46)26-32(34)36-43-38(2,28-9-13-30(40)14-10-28)39(3,29-11-15-31(41)16-12-29)47(36)37(48)45-22-20-44(21-23-45)17-8-25-54(4,49)50/h9-16,26-27H,5-8,17-25H2,1-4H3. The first-order chi connectivity index (χ1) is 26.0. The second-order valence-electron chi connectivity index (χ2n) is 14.8. The molecule has 2 unspecified atom stereocenters. The molecular formula is C39H48Cl3N5O6S2. The Hall–Kier alpha value is -2.91. The van der Waals surface area contributed by atoms with Crippen LogP contribution in [0.25, 0.3) is 0 Å². The molecule has 3 aromatic carbocycles. The molecule has 2 fully saturated rings. The minimum Gasteiger partial charge on any atom is -0.493 e. The minimum absolute atomic E-state index is 0.0196. The molecular weight excluding hydrogens is 805 g/mol. The highest BCUT2D eigenvalue weighted by molar-refractivity contribution is 7.90. The summed E-state index contributed by atoms with van der Waals surface area (Å²) in [5.41, 5.74) is -0.524. The van der Waals surface area contributed by atoms with Crippen LogP contribution in [0.15, 0.2) is 70.6 Å². The Bertz CT molecular complexity index is 2140. The fourth-order valence-electron chi connectivity index (χ4n) is 7.73. The molecule has 3 heterocycles. The van der Waals surface area contributed by atoms with Crippen LogP contribution in [-0.4, -0.2) is 112 Å². The van der Waals surface area contributed by atoms with Crippen molar-refractivity contribution in [1.29, 1.82) is 0 Å². The van der Waals surface area contributed by atoms with E-state index in [1.54, 1.807) is 34.1 Å². The van der Waals surface area contributed by atoms with E-state index in [4.69, 9.17) is 44.5 Å². The quantitative estimate of drug-likeness (QED) is 0.188. The number of benzene rings is 3. The zero-order valence-electron chi connectivity index (χ0n) is 31.6. The van der Waals surface area contributed by atoms with Crippen LogP contribution < -0.4 is 4.74 Å². The Balaban J connectivity index is 1.53. The van der Waals surface area contributed by atoms with Crippen LogP contribution in [0.5, 0.6) is 5.75 Å². The predicted octanol–water partition coefficient (Wildman–Crippen LogP) is 7.29. The van der Waals surface area contributed by atoms with E-state index in [2.05, 4.69) is 4.90 Å². The Morgan fingerprint density at radius 2 is 1.42 bits per heavy atom. The van der Waals surface area contributed by atoms with Crippen LogP contribution in [0.1, 0.15) is 63.1 Å². The maximum atomic E-state index is 15.4. The Kier molecular flexibility index (Phi) is 12.5. The number of sulfonamides is 1. The molecule has 0 bridgehead atoms. The fourth-order valence-corrected chi connectivity index (χ4v) is 10.7. The van der Waals surface area contributed by atoms with Crippen LogP contribution in [0.2, 0.25) is 15.1 Å². The van der Waals surface area contributed by atoms with Gasteiger partial charge in [-0.15, -0.1) is 0 Å². The number of aliphatic imine (C=N–C) groups is 1. The fraction of sp³-hybridized carbons (Fsp3) is 0.487. The van der Waals surface area contributed by atoms with Crippen molar-refractivity contribution in [1.82, 2.24) is 19.0 Å². The molecule has 2 saturated heterocycles. The van der Waals surface area contributed by atoms with Gasteiger partial charge in [0.1, 0.15) is 37.4 Å². The maximum absolute atomic E-state index is 15.4. The van der Waals surface area contributed by atoms with Gasteiger partial charge in [0.2, 0.25) is 10.0 Å². The highest BCUT2D eigenvalue weighted by atomic mass is 35.5. The number of nitrogens with zero attached hydrogens (tertiary/aromatic N) is 5. The second kappa shape index (κ2) is 16.5. The van der Waals surface area contributed by atoms with Crippen LogP contribution in [0.4, 0.5) is 4.79 Å². The molecule has 2 atom stereocenters. The zero-order chi connectivity index (χ0) is 39.8. The SMILES string of the molecule is CCCOc1cc(Cl)c(S(=O)(=O)N2CCCC2)cc1C1=NC(C)(c2ccc(Cl)cc2)C(C)(c2ccc(Cl)cc2)N1C(=O)N1CCN(CCCS(C)(=O)=O)CC1. The molecule has 0 aliphatic carbocycles. The van der Waals surface area contributed by atoms with E-state index in [1.807, 2.05) is 45.0 Å². The molecule has 3 aliphatic heterocycles. The predicted molar refractivity (Wildman–Crippen MR) is 219 cm³/mol. The summed E-state index contributed by atoms with van der Waals surface area (Å²) in [7, 11) is -7.09. The number of piperazine rings is 1. The summed E-state index contributed by atoms with van der Waals surface area (Å²) >= 11 is 19.6. The number of amides is 2. The van der Waals surface area contributed by atoms with Gasteiger partial charge in [-0.25, -0.2) is 21.6 Å². The summed E-state index contributed by atoms with van der Waals surface area (Å²) in [6, 6.07) is 17.4. The highest BCUT2D eigenvalue weighted by Crippen LogP contribution is 2.54. The number of hydrogen-bond donors (Lipinski definition) is 0. The number of carbonyl (C=O) groups is 1. The number of rotatable bonds is 12. The summed E-state index contributed by atoms with van der Waals surface area (Å²) in [4.78, 5) is 26.4. The van der Waals surface area contributed by atoms with Crippen LogP contribution in [0.3, 0.4) is 0 Å². The molecule has 0 N–H and O–H groups in total. The third kappa shape index (κ3) is 8.40. The highest BCUT2D eigenvalue weighted by Gasteiger charge is 2.60. The molecule has 55 heavy (non-hydrogen) atoms. The number of ether oxygens (including phenoxy) is 1. The molecule has 2 amide bonds. The van der Waals surface area contributed by atoms with Gasteiger partial charge >= 0.3 is 6.03 Å². The maximum Gasteiger partial charge on any atom is 0.326 e. The Morgan fingerprint density at radius 1 is 0.836 bits per heavy atom. The van der Waals surface area contributed by atoms with Gasteiger partial charge in [-0.1, -0.05) is 66.0 Å². The number of carbonyl (C=O) groups excluding carboxylic acids is 1. The lowest BCUT2D eigenvalue weighted by atomic mass is 9.71. The van der Waals surface area contributed by atoms with Crippen LogP contribution >= 0.6 is 34.8 Å². The lowest BCUT2D eigenvalue weighted by Gasteiger charge is -2.47. The van der Waals surface area contributed by atoms with Gasteiger partial charge in [0.25, 0.3) is 0 Å². The van der Waals surface area contributed by atoms with E-state index < -0.39 is 30.9 Å². The van der Waals surface area contributed by atoms with Crippen molar-refractivity contribution in [3.63, 3.8) is 0 Å². The normalized spacial score (nSPS) is 22.6. The summed E-state index contributed by atoms with van der Waals surface area (Å²) in [5, 5.41) is 1.08. The molecule has 6 rings (SSSR count). The molecule has 298 valence electrons. The van der Waals surface area contributed by atoms with Gasteiger partial charge in [-0.3, -0.25) is 14.8 Å². The van der Waals surface area contributed by atoms with Crippen molar-refractivity contribution in [2.24, 2.45) is 4.99 Å². The molecule has 0 radical (unpaired) electrons. The lowest BCUT2D eigenvalue weighted by Crippen LogP contribution is -2.60. The first kappa shape index (κ1) is 41.7. The van der Waals surface area contributed by atoms with E-state index in [0.29, 0.717) is 86.6 Å². The monoisotopic (exact) mass is 851 g/mol. The largest absolute Gasteiger partial charge is 0.493 e. The van der Waals surface area contributed by atoms with Crippen molar-refractivity contribution in [2.45, 2.75) is 62.4 Å². The van der Waals surface area contributed by atoms with Gasteiger partial charge in [0.05, 0.1) is 22.9 Å². The molecule has 16 heteroatoms. The summed E-state index contributed by atoms with van der Waals surface area (Å²) < 4.78 is 59.5. The van der Waals surface area contributed by atoms with Gasteiger partial charge < -0.3 is 9.64 Å². The Morgan fingerprint density at radius 3 is 1.98 bits per heavy atom. The third-order valence-electron chi connectivity index (χ3n) is 11.0. The summed E-state index contributed by atoms with van der Waals surface area (Å²) in [6.45, 7) is 9.42. The minimum atomic E-state index is -4.01. The first-order valence-electron chi connectivity index (χ1n) is 18.6. The Labute approximate surface area is 340 Å². The van der Waals surface area contributed by atoms with Crippen molar-refractivity contribution in [2.75, 3.05) is 64.4 Å². The van der Waals surface area contributed by atoms with Crippen molar-refractivity contribution >= 4 is 66.5 Å². The number of hydrogen-bond acceptors (Lipinski definition) is 8. The summed E-state index contributed by atoms with van der Waals surface area (Å²) in [6.07, 6.45) is 3.90. The third-order valence-corrected chi connectivity index (χ3v) is 14.9. The topological polar surface area (TPSA) is 120 Å². The number of sulfone groups is 1. The van der Waals surface area contributed by atoms with E-state index in [9.17, 15) is 16.8 Å². The number of amidine groups is 1. The molecule has 0 saturated carbocycles. The van der Waals surface area contributed by atoms with Gasteiger partial charge in [-0.2, -0.15) is 4.31 Å².